The van der Waals surface area contributed by atoms with Crippen molar-refractivity contribution in [3.8, 4) is 22.8 Å². The third-order valence-corrected chi connectivity index (χ3v) is 3.94. The van der Waals surface area contributed by atoms with Crippen LogP contribution >= 0.6 is 0 Å². The molecule has 118 valence electrons. The molecule has 0 aliphatic heterocycles. The van der Waals surface area contributed by atoms with Crippen LogP contribution in [0.15, 0.2) is 58.2 Å². The molecule has 24 heavy (non-hydrogen) atoms. The second kappa shape index (κ2) is 5.42. The van der Waals surface area contributed by atoms with Crippen molar-refractivity contribution in [3.05, 3.63) is 64.7 Å². The Labute approximate surface area is 137 Å². The lowest BCUT2D eigenvalue weighted by atomic mass is 10.1. The van der Waals surface area contributed by atoms with Crippen LogP contribution in [0, 0.1) is 6.92 Å². The highest BCUT2D eigenvalue weighted by Gasteiger charge is 2.16. The quantitative estimate of drug-likeness (QED) is 0.568. The molecule has 4 rings (SSSR count). The fourth-order valence-corrected chi connectivity index (χ4v) is 2.71. The maximum absolute atomic E-state index is 12.8. The molecule has 0 saturated carbocycles. The molecule has 0 bridgehead atoms. The lowest BCUT2D eigenvalue weighted by Crippen LogP contribution is -2.10. The Balaban J connectivity index is 1.90. The van der Waals surface area contributed by atoms with Crippen LogP contribution in [0.2, 0.25) is 0 Å². The van der Waals surface area contributed by atoms with E-state index in [1.807, 2.05) is 36.7 Å². The van der Waals surface area contributed by atoms with Crippen LogP contribution in [0.1, 0.15) is 5.56 Å². The molecular formula is C18H14N4O2. The zero-order valence-corrected chi connectivity index (χ0v) is 13.2. The third kappa shape index (κ3) is 2.28. The van der Waals surface area contributed by atoms with E-state index < -0.39 is 0 Å². The summed E-state index contributed by atoms with van der Waals surface area (Å²) in [4.78, 5) is 21.2. The van der Waals surface area contributed by atoms with E-state index in [-0.39, 0.29) is 11.3 Å². The number of benzene rings is 1. The maximum atomic E-state index is 12.8. The van der Waals surface area contributed by atoms with E-state index in [0.717, 1.165) is 16.6 Å². The summed E-state index contributed by atoms with van der Waals surface area (Å²) in [7, 11) is 1.89. The topological polar surface area (TPSA) is 73.8 Å². The SMILES string of the molecule is Cc1ccc2c(c1)c(=O)c(-c1nc(-c3ccncc3)no1)cn2C. The summed E-state index contributed by atoms with van der Waals surface area (Å²) in [6, 6.07) is 9.37. The van der Waals surface area contributed by atoms with Gasteiger partial charge in [0.05, 0.1) is 5.52 Å². The number of pyridine rings is 2. The molecule has 4 aromatic rings. The van der Waals surface area contributed by atoms with E-state index in [9.17, 15) is 4.79 Å². The molecule has 0 amide bonds. The smallest absolute Gasteiger partial charge is 0.263 e. The van der Waals surface area contributed by atoms with E-state index in [1.54, 1.807) is 30.7 Å². The molecule has 1 aromatic carbocycles. The molecule has 6 nitrogen and oxygen atoms in total. The number of fused-ring (bicyclic) bond motifs is 1. The average Bonchev–Trinajstić information content (AvgIpc) is 3.08. The Morgan fingerprint density at radius 2 is 1.92 bits per heavy atom. The van der Waals surface area contributed by atoms with E-state index in [4.69, 9.17) is 4.52 Å². The van der Waals surface area contributed by atoms with Gasteiger partial charge in [-0.1, -0.05) is 16.8 Å². The maximum Gasteiger partial charge on any atom is 0.263 e. The minimum absolute atomic E-state index is 0.114. The largest absolute Gasteiger partial charge is 0.350 e. The Morgan fingerprint density at radius 3 is 2.71 bits per heavy atom. The molecule has 0 radical (unpaired) electrons. The highest BCUT2D eigenvalue weighted by molar-refractivity contribution is 5.83. The minimum Gasteiger partial charge on any atom is -0.350 e. The van der Waals surface area contributed by atoms with Crippen LogP contribution in [-0.4, -0.2) is 19.7 Å². The zero-order chi connectivity index (χ0) is 16.7. The van der Waals surface area contributed by atoms with Crippen LogP contribution in [0.5, 0.6) is 0 Å². The van der Waals surface area contributed by atoms with Gasteiger partial charge in [0.15, 0.2) is 0 Å². The number of aryl methyl sites for hydroxylation is 2. The van der Waals surface area contributed by atoms with Gasteiger partial charge in [0.1, 0.15) is 5.56 Å². The molecule has 0 spiro atoms. The highest BCUT2D eigenvalue weighted by atomic mass is 16.5. The lowest BCUT2D eigenvalue weighted by Gasteiger charge is -2.07. The van der Waals surface area contributed by atoms with Crippen molar-refractivity contribution in [2.45, 2.75) is 6.92 Å². The zero-order valence-electron chi connectivity index (χ0n) is 13.2. The first-order valence-corrected chi connectivity index (χ1v) is 7.48. The molecule has 0 unspecified atom stereocenters. The van der Waals surface area contributed by atoms with E-state index >= 15 is 0 Å². The number of rotatable bonds is 2. The van der Waals surface area contributed by atoms with Crippen LogP contribution in [-0.2, 0) is 7.05 Å². The van der Waals surface area contributed by atoms with Gasteiger partial charge < -0.3 is 9.09 Å². The van der Waals surface area contributed by atoms with Gasteiger partial charge in [-0.25, -0.2) is 0 Å². The molecule has 0 aliphatic carbocycles. The lowest BCUT2D eigenvalue weighted by molar-refractivity contribution is 0.432. The third-order valence-electron chi connectivity index (χ3n) is 3.94. The van der Waals surface area contributed by atoms with Crippen LogP contribution in [0.3, 0.4) is 0 Å². The van der Waals surface area contributed by atoms with E-state index in [1.165, 1.54) is 0 Å². The average molecular weight is 318 g/mol. The Kier molecular flexibility index (Phi) is 3.23. The fraction of sp³-hybridized carbons (Fsp3) is 0.111. The fourth-order valence-electron chi connectivity index (χ4n) is 2.71. The van der Waals surface area contributed by atoms with Crippen LogP contribution in [0.25, 0.3) is 33.7 Å². The van der Waals surface area contributed by atoms with Gasteiger partial charge in [-0.15, -0.1) is 0 Å². The number of hydrogen-bond donors (Lipinski definition) is 0. The van der Waals surface area contributed by atoms with Crippen molar-refractivity contribution >= 4 is 10.9 Å². The molecule has 3 heterocycles. The summed E-state index contributed by atoms with van der Waals surface area (Å²) in [6.45, 7) is 1.96. The molecular weight excluding hydrogens is 304 g/mol. The Hall–Kier alpha value is -3.28. The highest BCUT2D eigenvalue weighted by Crippen LogP contribution is 2.22. The second-order valence-electron chi connectivity index (χ2n) is 5.66. The standard InChI is InChI=1S/C18H14N4O2/c1-11-3-4-15-13(9-11)16(23)14(10-22(15)2)18-20-17(21-24-18)12-5-7-19-8-6-12/h3-10H,1-2H3. The summed E-state index contributed by atoms with van der Waals surface area (Å²) in [5.74, 6) is 0.643. The summed E-state index contributed by atoms with van der Waals surface area (Å²) in [6.07, 6.45) is 5.04. The van der Waals surface area contributed by atoms with Gasteiger partial charge in [-0.2, -0.15) is 4.98 Å². The van der Waals surface area contributed by atoms with Crippen molar-refractivity contribution in [3.63, 3.8) is 0 Å². The normalized spacial score (nSPS) is 11.1. The summed E-state index contributed by atoms with van der Waals surface area (Å²) >= 11 is 0. The first-order valence-electron chi connectivity index (χ1n) is 7.48. The predicted octanol–water partition coefficient (Wildman–Crippen LogP) is 2.96. The summed E-state index contributed by atoms with van der Waals surface area (Å²) < 4.78 is 7.22. The summed E-state index contributed by atoms with van der Waals surface area (Å²) in [5.41, 5.74) is 2.96. The monoisotopic (exact) mass is 318 g/mol. The van der Waals surface area contributed by atoms with Crippen LogP contribution < -0.4 is 5.43 Å². The first-order chi connectivity index (χ1) is 11.6. The predicted molar refractivity (Wildman–Crippen MR) is 90.4 cm³/mol. The van der Waals surface area contributed by atoms with Gasteiger partial charge in [0.2, 0.25) is 11.3 Å². The molecule has 0 aliphatic rings. The minimum atomic E-state index is -0.114. The molecule has 0 saturated heterocycles. The Morgan fingerprint density at radius 1 is 1.12 bits per heavy atom. The molecule has 0 N–H and O–H groups in total. The van der Waals surface area contributed by atoms with Crippen LogP contribution in [0.4, 0.5) is 0 Å². The van der Waals surface area contributed by atoms with Crippen molar-refractivity contribution in [2.75, 3.05) is 0 Å². The van der Waals surface area contributed by atoms with Gasteiger partial charge in [0, 0.05) is 36.6 Å². The van der Waals surface area contributed by atoms with Crippen molar-refractivity contribution in [1.82, 2.24) is 19.7 Å². The van der Waals surface area contributed by atoms with Gasteiger partial charge in [-0.3, -0.25) is 9.78 Å². The Bertz CT molecular complexity index is 1100. The van der Waals surface area contributed by atoms with Crippen molar-refractivity contribution in [1.29, 1.82) is 0 Å². The van der Waals surface area contributed by atoms with Crippen molar-refractivity contribution in [2.24, 2.45) is 7.05 Å². The molecule has 0 fully saturated rings. The second-order valence-corrected chi connectivity index (χ2v) is 5.66. The number of nitrogens with zero attached hydrogens (tertiary/aromatic N) is 4. The van der Waals surface area contributed by atoms with Crippen molar-refractivity contribution < 1.29 is 4.52 Å². The first kappa shape index (κ1) is 14.3. The van der Waals surface area contributed by atoms with E-state index in [0.29, 0.717) is 16.8 Å². The molecule has 0 atom stereocenters. The number of aromatic nitrogens is 4. The number of hydrogen-bond acceptors (Lipinski definition) is 5. The molecule has 3 aromatic heterocycles. The molecule has 6 heteroatoms. The van der Waals surface area contributed by atoms with Gasteiger partial charge in [0.25, 0.3) is 5.89 Å². The summed E-state index contributed by atoms with van der Waals surface area (Å²) in [5, 5.41) is 4.61. The van der Waals surface area contributed by atoms with Gasteiger partial charge in [-0.05, 0) is 31.2 Å². The van der Waals surface area contributed by atoms with E-state index in [2.05, 4.69) is 15.1 Å². The van der Waals surface area contributed by atoms with Gasteiger partial charge >= 0.3 is 0 Å².